The van der Waals surface area contributed by atoms with Crippen LogP contribution in [0.4, 0.5) is 5.69 Å². The maximum atomic E-state index is 12.9. The van der Waals surface area contributed by atoms with Gasteiger partial charge in [0.25, 0.3) is 10.0 Å². The predicted molar refractivity (Wildman–Crippen MR) is 90.4 cm³/mol. The van der Waals surface area contributed by atoms with Gasteiger partial charge in [-0.15, -0.1) is 0 Å². The summed E-state index contributed by atoms with van der Waals surface area (Å²) in [5, 5.41) is 0. The molecule has 0 atom stereocenters. The summed E-state index contributed by atoms with van der Waals surface area (Å²) >= 11 is 0. The third-order valence-electron chi connectivity index (χ3n) is 3.65. The van der Waals surface area contributed by atoms with Gasteiger partial charge in [0.1, 0.15) is 5.75 Å². The van der Waals surface area contributed by atoms with Gasteiger partial charge >= 0.3 is 0 Å². The van der Waals surface area contributed by atoms with Gasteiger partial charge in [-0.3, -0.25) is 4.31 Å². The topological polar surface area (TPSA) is 65.1 Å². The Labute approximate surface area is 141 Å². The summed E-state index contributed by atoms with van der Waals surface area (Å²) in [6.07, 6.45) is 0. The average molecular weight is 349 g/mol. The lowest BCUT2D eigenvalue weighted by Gasteiger charge is -2.23. The van der Waals surface area contributed by atoms with Crippen LogP contribution in [0.25, 0.3) is 0 Å². The SMILES string of the molecule is CCOc1ccc(S(=O)(=O)N(CC)c2ccc3c(c2)OCO3)cc1. The highest BCUT2D eigenvalue weighted by Gasteiger charge is 2.25. The zero-order chi connectivity index (χ0) is 17.2. The van der Waals surface area contributed by atoms with Gasteiger partial charge in [0.05, 0.1) is 17.2 Å². The van der Waals surface area contributed by atoms with Crippen molar-refractivity contribution in [2.24, 2.45) is 0 Å². The molecule has 0 amide bonds. The van der Waals surface area contributed by atoms with Crippen LogP contribution in [-0.4, -0.2) is 28.4 Å². The first kappa shape index (κ1) is 16.4. The van der Waals surface area contributed by atoms with Crippen molar-refractivity contribution < 1.29 is 22.6 Å². The average Bonchev–Trinajstić information content (AvgIpc) is 3.04. The number of ether oxygens (including phenoxy) is 3. The first-order chi connectivity index (χ1) is 11.6. The summed E-state index contributed by atoms with van der Waals surface area (Å²) in [6.45, 7) is 4.65. The molecule has 2 aromatic carbocycles. The van der Waals surface area contributed by atoms with Gasteiger partial charge in [-0.1, -0.05) is 0 Å². The zero-order valence-electron chi connectivity index (χ0n) is 13.6. The molecular formula is C17H19NO5S. The Bertz CT molecular complexity index is 817. The van der Waals surface area contributed by atoms with Gasteiger partial charge < -0.3 is 14.2 Å². The Morgan fingerprint density at radius 3 is 2.42 bits per heavy atom. The molecule has 1 heterocycles. The molecule has 7 heteroatoms. The number of nitrogens with zero attached hydrogens (tertiary/aromatic N) is 1. The quantitative estimate of drug-likeness (QED) is 0.802. The molecule has 0 aromatic heterocycles. The minimum absolute atomic E-state index is 0.149. The summed E-state index contributed by atoms with van der Waals surface area (Å²) < 4.78 is 43.2. The highest BCUT2D eigenvalue weighted by molar-refractivity contribution is 7.92. The van der Waals surface area contributed by atoms with E-state index in [0.29, 0.717) is 36.1 Å². The number of hydrogen-bond acceptors (Lipinski definition) is 5. The highest BCUT2D eigenvalue weighted by Crippen LogP contribution is 2.37. The summed E-state index contributed by atoms with van der Waals surface area (Å²) in [6, 6.07) is 11.5. The number of sulfonamides is 1. The van der Waals surface area contributed by atoms with E-state index in [1.165, 1.54) is 4.31 Å². The Balaban J connectivity index is 1.93. The number of anilines is 1. The summed E-state index contributed by atoms with van der Waals surface area (Å²) in [5.74, 6) is 1.81. The second kappa shape index (κ2) is 6.60. The Morgan fingerprint density at radius 2 is 1.75 bits per heavy atom. The molecule has 0 bridgehead atoms. The maximum Gasteiger partial charge on any atom is 0.264 e. The van der Waals surface area contributed by atoms with Crippen LogP contribution in [0.3, 0.4) is 0 Å². The van der Waals surface area contributed by atoms with Gasteiger partial charge in [-0.05, 0) is 50.2 Å². The fourth-order valence-electron chi connectivity index (χ4n) is 2.53. The van der Waals surface area contributed by atoms with Crippen molar-refractivity contribution in [3.63, 3.8) is 0 Å². The molecular weight excluding hydrogens is 330 g/mol. The van der Waals surface area contributed by atoms with Crippen LogP contribution in [0.1, 0.15) is 13.8 Å². The highest BCUT2D eigenvalue weighted by atomic mass is 32.2. The molecule has 0 saturated carbocycles. The third kappa shape index (κ3) is 2.99. The van der Waals surface area contributed by atoms with Crippen LogP contribution in [-0.2, 0) is 10.0 Å². The van der Waals surface area contributed by atoms with E-state index in [1.54, 1.807) is 49.4 Å². The monoisotopic (exact) mass is 349 g/mol. The molecule has 24 heavy (non-hydrogen) atoms. The summed E-state index contributed by atoms with van der Waals surface area (Å²) in [7, 11) is -3.67. The predicted octanol–water partition coefficient (Wildman–Crippen LogP) is 3.03. The molecule has 1 aliphatic rings. The van der Waals surface area contributed by atoms with E-state index < -0.39 is 10.0 Å². The van der Waals surface area contributed by atoms with Gasteiger partial charge in [0.15, 0.2) is 11.5 Å². The van der Waals surface area contributed by atoms with E-state index in [9.17, 15) is 8.42 Å². The molecule has 0 unspecified atom stereocenters. The van der Waals surface area contributed by atoms with Gasteiger partial charge in [-0.2, -0.15) is 0 Å². The van der Waals surface area contributed by atoms with Crippen LogP contribution in [0, 0.1) is 0 Å². The van der Waals surface area contributed by atoms with Crippen molar-refractivity contribution in [2.45, 2.75) is 18.7 Å². The normalized spacial score (nSPS) is 12.9. The molecule has 0 fully saturated rings. The number of rotatable bonds is 6. The first-order valence-corrected chi connectivity index (χ1v) is 9.15. The molecule has 0 aliphatic carbocycles. The van der Waals surface area contributed by atoms with Gasteiger partial charge in [0.2, 0.25) is 6.79 Å². The van der Waals surface area contributed by atoms with Crippen molar-refractivity contribution in [3.8, 4) is 17.2 Å². The van der Waals surface area contributed by atoms with E-state index >= 15 is 0 Å². The van der Waals surface area contributed by atoms with Crippen LogP contribution in [0.2, 0.25) is 0 Å². The van der Waals surface area contributed by atoms with Crippen molar-refractivity contribution in [2.75, 3.05) is 24.2 Å². The molecule has 0 radical (unpaired) electrons. The maximum absolute atomic E-state index is 12.9. The molecule has 0 saturated heterocycles. The minimum Gasteiger partial charge on any atom is -0.494 e. The minimum atomic E-state index is -3.67. The van der Waals surface area contributed by atoms with E-state index in [0.717, 1.165) is 0 Å². The van der Waals surface area contributed by atoms with Crippen molar-refractivity contribution >= 4 is 15.7 Å². The van der Waals surface area contributed by atoms with Crippen LogP contribution >= 0.6 is 0 Å². The largest absolute Gasteiger partial charge is 0.494 e. The molecule has 128 valence electrons. The molecule has 2 aromatic rings. The molecule has 0 N–H and O–H groups in total. The Hall–Kier alpha value is -2.41. The van der Waals surface area contributed by atoms with Crippen molar-refractivity contribution in [3.05, 3.63) is 42.5 Å². The van der Waals surface area contributed by atoms with E-state index in [4.69, 9.17) is 14.2 Å². The second-order valence-corrected chi connectivity index (χ2v) is 6.97. The van der Waals surface area contributed by atoms with E-state index in [1.807, 2.05) is 6.92 Å². The molecule has 6 nitrogen and oxygen atoms in total. The Kier molecular flexibility index (Phi) is 4.53. The third-order valence-corrected chi connectivity index (χ3v) is 5.57. The van der Waals surface area contributed by atoms with Crippen LogP contribution in [0.15, 0.2) is 47.4 Å². The molecule has 3 rings (SSSR count). The summed E-state index contributed by atoms with van der Waals surface area (Å²) in [5.41, 5.74) is 0.538. The second-order valence-electron chi connectivity index (χ2n) is 5.11. The van der Waals surface area contributed by atoms with Crippen LogP contribution < -0.4 is 18.5 Å². The van der Waals surface area contributed by atoms with Crippen LogP contribution in [0.5, 0.6) is 17.2 Å². The molecule has 1 aliphatic heterocycles. The van der Waals surface area contributed by atoms with E-state index in [-0.39, 0.29) is 11.7 Å². The Morgan fingerprint density at radius 1 is 1.04 bits per heavy atom. The number of hydrogen-bond donors (Lipinski definition) is 0. The van der Waals surface area contributed by atoms with Crippen molar-refractivity contribution in [1.82, 2.24) is 0 Å². The lowest BCUT2D eigenvalue weighted by atomic mass is 10.3. The number of fused-ring (bicyclic) bond motifs is 1. The van der Waals surface area contributed by atoms with E-state index in [2.05, 4.69) is 0 Å². The summed E-state index contributed by atoms with van der Waals surface area (Å²) in [4.78, 5) is 0.213. The fourth-order valence-corrected chi connectivity index (χ4v) is 4.00. The lowest BCUT2D eigenvalue weighted by Crippen LogP contribution is -2.30. The standard InChI is InChI=1S/C17H19NO5S/c1-3-18(13-5-10-16-17(11-13)23-12-22-16)24(19,20)15-8-6-14(7-9-15)21-4-2/h5-11H,3-4,12H2,1-2H3. The first-order valence-electron chi connectivity index (χ1n) is 7.71. The fraction of sp³-hybridized carbons (Fsp3) is 0.294. The van der Waals surface area contributed by atoms with Crippen molar-refractivity contribution in [1.29, 1.82) is 0 Å². The number of benzene rings is 2. The molecule has 0 spiro atoms. The zero-order valence-corrected chi connectivity index (χ0v) is 14.4. The van der Waals surface area contributed by atoms with Gasteiger partial charge in [0, 0.05) is 12.6 Å². The van der Waals surface area contributed by atoms with Gasteiger partial charge in [-0.25, -0.2) is 8.42 Å². The smallest absolute Gasteiger partial charge is 0.264 e. The lowest BCUT2D eigenvalue weighted by molar-refractivity contribution is 0.174.